The second kappa shape index (κ2) is 6.24. The lowest BCUT2D eigenvalue weighted by Crippen LogP contribution is -2.15. The molecule has 100 valence electrons. The van der Waals surface area contributed by atoms with Crippen LogP contribution < -0.4 is 5.73 Å². The average molecular weight is 495 g/mol. The van der Waals surface area contributed by atoms with Crippen molar-refractivity contribution in [2.24, 2.45) is 5.73 Å². The van der Waals surface area contributed by atoms with E-state index in [9.17, 15) is 0 Å². The van der Waals surface area contributed by atoms with Gasteiger partial charge in [0.05, 0.1) is 6.04 Å². The van der Waals surface area contributed by atoms with Gasteiger partial charge < -0.3 is 5.73 Å². The lowest BCUT2D eigenvalue weighted by molar-refractivity contribution is 0.852. The third kappa shape index (κ3) is 3.40. The van der Waals surface area contributed by atoms with Crippen LogP contribution >= 0.6 is 54.5 Å². The molecule has 0 bridgehead atoms. The highest BCUT2D eigenvalue weighted by atomic mass is 127. The molecule has 0 aliphatic heterocycles. The molecule has 19 heavy (non-hydrogen) atoms. The molecule has 0 spiro atoms. The van der Waals surface area contributed by atoms with Crippen LogP contribution in [0.3, 0.4) is 0 Å². The van der Waals surface area contributed by atoms with Crippen molar-refractivity contribution < 1.29 is 0 Å². The maximum Gasteiger partial charge on any atom is 0.0565 e. The third-order valence-corrected chi connectivity index (χ3v) is 5.51. The van der Waals surface area contributed by atoms with Gasteiger partial charge >= 0.3 is 0 Å². The summed E-state index contributed by atoms with van der Waals surface area (Å²) in [4.78, 5) is 0. The predicted molar refractivity (Wildman–Crippen MR) is 96.5 cm³/mol. The van der Waals surface area contributed by atoms with E-state index in [0.29, 0.717) is 0 Å². The second-order valence-electron chi connectivity index (χ2n) is 4.60. The van der Waals surface area contributed by atoms with Crippen LogP contribution in [0.1, 0.15) is 28.3 Å². The molecule has 2 aromatic carbocycles. The van der Waals surface area contributed by atoms with E-state index in [1.165, 1.54) is 20.3 Å². The number of halogens is 3. The molecular weight excluding hydrogens is 481 g/mol. The molecule has 0 saturated carbocycles. The van der Waals surface area contributed by atoms with E-state index in [2.05, 4.69) is 92.6 Å². The molecule has 1 atom stereocenters. The third-order valence-electron chi connectivity index (χ3n) is 3.18. The molecule has 4 heteroatoms. The highest BCUT2D eigenvalue weighted by Gasteiger charge is 2.16. The summed E-state index contributed by atoms with van der Waals surface area (Å²) in [6.45, 7) is 4.19. The highest BCUT2D eigenvalue weighted by Crippen LogP contribution is 2.31. The molecule has 0 saturated heterocycles. The van der Waals surface area contributed by atoms with Gasteiger partial charge in [0.1, 0.15) is 0 Å². The van der Waals surface area contributed by atoms with Crippen LogP contribution in [0, 0.1) is 17.4 Å². The molecule has 0 amide bonds. The molecule has 2 aromatic rings. The zero-order valence-corrected chi connectivity index (χ0v) is 16.0. The monoisotopic (exact) mass is 493 g/mol. The Balaban J connectivity index is 2.52. The van der Waals surface area contributed by atoms with Gasteiger partial charge in [-0.15, -0.1) is 0 Å². The second-order valence-corrected chi connectivity index (χ2v) is 7.53. The minimum atomic E-state index is -0.101. The molecule has 0 fully saturated rings. The number of nitrogens with two attached hydrogens (primary N) is 1. The first-order valence-corrected chi connectivity index (χ1v) is 8.54. The molecule has 0 aromatic heterocycles. The first-order valence-electron chi connectivity index (χ1n) is 5.87. The van der Waals surface area contributed by atoms with E-state index in [0.717, 1.165) is 14.5 Å². The van der Waals surface area contributed by atoms with Crippen LogP contribution in [-0.4, -0.2) is 0 Å². The summed E-state index contributed by atoms with van der Waals surface area (Å²) in [5, 5.41) is 0. The van der Waals surface area contributed by atoms with E-state index in [4.69, 9.17) is 5.73 Å². The summed E-state index contributed by atoms with van der Waals surface area (Å²) in [7, 11) is 0. The summed E-state index contributed by atoms with van der Waals surface area (Å²) in [5.74, 6) is 0. The Labute approximate surface area is 144 Å². The fraction of sp³-hybridized carbons (Fsp3) is 0.200. The fourth-order valence-electron chi connectivity index (χ4n) is 2.06. The standard InChI is InChI=1S/C15H14Br2IN/c1-8-6-13(17)9(2)5-11(8)15(19)12-7-10(16)3-4-14(12)18/h3-7,15H,19H2,1-2H3. The van der Waals surface area contributed by atoms with Crippen molar-refractivity contribution in [3.05, 3.63) is 65.1 Å². The van der Waals surface area contributed by atoms with Crippen molar-refractivity contribution >= 4 is 54.5 Å². The summed E-state index contributed by atoms with van der Waals surface area (Å²) >= 11 is 9.41. The first-order chi connectivity index (χ1) is 8.90. The molecule has 0 radical (unpaired) electrons. The van der Waals surface area contributed by atoms with Crippen molar-refractivity contribution in [1.29, 1.82) is 0 Å². The zero-order valence-electron chi connectivity index (χ0n) is 10.7. The lowest BCUT2D eigenvalue weighted by Gasteiger charge is -2.18. The fourth-order valence-corrected chi connectivity index (χ4v) is 3.57. The minimum absolute atomic E-state index is 0.101. The van der Waals surface area contributed by atoms with Crippen molar-refractivity contribution in [3.63, 3.8) is 0 Å². The molecule has 1 nitrogen and oxygen atoms in total. The van der Waals surface area contributed by atoms with Crippen molar-refractivity contribution in [3.8, 4) is 0 Å². The molecule has 2 N–H and O–H groups in total. The summed E-state index contributed by atoms with van der Waals surface area (Å²) < 4.78 is 3.38. The maximum absolute atomic E-state index is 6.46. The predicted octanol–water partition coefficient (Wildman–Crippen LogP) is 5.48. The zero-order chi connectivity index (χ0) is 14.2. The number of hydrogen-bond donors (Lipinski definition) is 1. The maximum atomic E-state index is 6.46. The van der Waals surface area contributed by atoms with E-state index in [1.807, 2.05) is 6.07 Å². The van der Waals surface area contributed by atoms with Gasteiger partial charge in [0.25, 0.3) is 0 Å². The van der Waals surface area contributed by atoms with Gasteiger partial charge in [0, 0.05) is 12.5 Å². The van der Waals surface area contributed by atoms with Crippen molar-refractivity contribution in [2.75, 3.05) is 0 Å². The van der Waals surface area contributed by atoms with Crippen molar-refractivity contribution in [2.45, 2.75) is 19.9 Å². The van der Waals surface area contributed by atoms with Crippen LogP contribution in [0.25, 0.3) is 0 Å². The summed E-state index contributed by atoms with van der Waals surface area (Å²) in [5.41, 5.74) is 11.2. The lowest BCUT2D eigenvalue weighted by atomic mass is 9.94. The van der Waals surface area contributed by atoms with Gasteiger partial charge in [0.15, 0.2) is 0 Å². The SMILES string of the molecule is Cc1cc(C(N)c2cc(Br)ccc2I)c(C)cc1Br. The van der Waals surface area contributed by atoms with Crippen LogP contribution in [0.15, 0.2) is 39.3 Å². The molecule has 1 unspecified atom stereocenters. The average Bonchev–Trinajstić information content (AvgIpc) is 2.36. The van der Waals surface area contributed by atoms with Crippen LogP contribution in [0.4, 0.5) is 0 Å². The van der Waals surface area contributed by atoms with E-state index in [1.54, 1.807) is 0 Å². The smallest absolute Gasteiger partial charge is 0.0565 e. The number of benzene rings is 2. The molecule has 0 aliphatic rings. The summed E-state index contributed by atoms with van der Waals surface area (Å²) in [6, 6.07) is 10.4. The Hall–Kier alpha value is 0.0900. The largest absolute Gasteiger partial charge is 0.320 e. The Morgan fingerprint density at radius 1 is 1.00 bits per heavy atom. The Morgan fingerprint density at radius 2 is 1.68 bits per heavy atom. The van der Waals surface area contributed by atoms with E-state index < -0.39 is 0 Å². The van der Waals surface area contributed by atoms with Gasteiger partial charge in [-0.25, -0.2) is 0 Å². The Kier molecular flexibility index (Phi) is 5.09. The van der Waals surface area contributed by atoms with Gasteiger partial charge in [-0.05, 0) is 83.0 Å². The minimum Gasteiger partial charge on any atom is -0.320 e. The number of hydrogen-bond acceptors (Lipinski definition) is 1. The van der Waals surface area contributed by atoms with E-state index in [-0.39, 0.29) is 6.04 Å². The van der Waals surface area contributed by atoms with Gasteiger partial charge in [0.2, 0.25) is 0 Å². The number of aryl methyl sites for hydroxylation is 2. The quantitative estimate of drug-likeness (QED) is 0.550. The van der Waals surface area contributed by atoms with E-state index >= 15 is 0 Å². The topological polar surface area (TPSA) is 26.0 Å². The molecule has 2 rings (SSSR count). The molecule has 0 heterocycles. The molecule has 0 aliphatic carbocycles. The Morgan fingerprint density at radius 3 is 2.37 bits per heavy atom. The summed E-state index contributed by atoms with van der Waals surface area (Å²) in [6.07, 6.45) is 0. The van der Waals surface area contributed by atoms with Gasteiger partial charge in [-0.3, -0.25) is 0 Å². The normalized spacial score (nSPS) is 12.5. The van der Waals surface area contributed by atoms with Gasteiger partial charge in [-0.1, -0.05) is 37.9 Å². The van der Waals surface area contributed by atoms with Gasteiger partial charge in [-0.2, -0.15) is 0 Å². The Bertz CT molecular complexity index is 626. The van der Waals surface area contributed by atoms with Crippen LogP contribution in [0.2, 0.25) is 0 Å². The first kappa shape index (κ1) is 15.5. The highest BCUT2D eigenvalue weighted by molar-refractivity contribution is 14.1. The van der Waals surface area contributed by atoms with Crippen LogP contribution in [0.5, 0.6) is 0 Å². The van der Waals surface area contributed by atoms with Crippen molar-refractivity contribution in [1.82, 2.24) is 0 Å². The number of rotatable bonds is 2. The van der Waals surface area contributed by atoms with Crippen LogP contribution in [-0.2, 0) is 0 Å². The molecular formula is C15H14Br2IN.